The van der Waals surface area contributed by atoms with E-state index in [2.05, 4.69) is 39.8 Å². The minimum Gasteiger partial charge on any atom is -0.503 e. The molecule has 0 bridgehead atoms. The van der Waals surface area contributed by atoms with Crippen molar-refractivity contribution in [2.24, 2.45) is 5.41 Å². The number of hydrogen-bond donors (Lipinski definition) is 2. The number of quaternary nitrogens is 1. The van der Waals surface area contributed by atoms with Crippen LogP contribution < -0.4 is 5.73 Å². The maximum absolute atomic E-state index is 9.66. The molecule has 0 saturated carbocycles. The molecule has 15 heavy (non-hydrogen) atoms. The first-order valence-corrected chi connectivity index (χ1v) is 4.82. The van der Waals surface area contributed by atoms with Crippen LogP contribution in [0.2, 0.25) is 0 Å². The van der Waals surface area contributed by atoms with Crippen LogP contribution in [0.25, 0.3) is 0 Å². The predicted octanol–water partition coefficient (Wildman–Crippen LogP) is 1.55. The summed E-state index contributed by atoms with van der Waals surface area (Å²) in [7, 11) is 0. The second kappa shape index (κ2) is 9.62. The Morgan fingerprint density at radius 3 is 1.73 bits per heavy atom. The summed E-state index contributed by atoms with van der Waals surface area (Å²) in [5, 5.41) is 7.95. The van der Waals surface area contributed by atoms with Gasteiger partial charge >= 0.3 is 32.7 Å². The topological polar surface area (TPSA) is 64.9 Å². The summed E-state index contributed by atoms with van der Waals surface area (Å²) in [5.74, 6) is -0.398. The van der Waals surface area contributed by atoms with E-state index in [1.807, 2.05) is 0 Å². The van der Waals surface area contributed by atoms with E-state index >= 15 is 0 Å². The zero-order valence-corrected chi connectivity index (χ0v) is 13.6. The normalized spacial score (nSPS) is 11.7. The first-order valence-electron chi connectivity index (χ1n) is 4.82. The van der Waals surface area contributed by atoms with Crippen LogP contribution in [-0.4, -0.2) is 17.1 Å². The van der Waals surface area contributed by atoms with E-state index in [1.54, 1.807) is 13.8 Å². The number of carboxylic acid groups (broad SMARTS) is 1. The molecule has 4 N–H and O–H groups in total. The molecule has 0 aliphatic carbocycles. The van der Waals surface area contributed by atoms with Gasteiger partial charge < -0.3 is 17.3 Å². The number of carboxylic acids is 1. The molecule has 0 rings (SSSR count). The standard InChI is InChI=1S/C7H16N.C4H7O2.Y/c1-5-7(3,4)6(2)8;1-3(2)4(5)6;/h5-6H,8H2,1-4H3;1-2H3,(H,5,6);/q2*-1;+3/p+1. The molecule has 0 aromatic heterocycles. The number of rotatable bonds is 3. The summed E-state index contributed by atoms with van der Waals surface area (Å²) in [6.45, 7) is 11.7. The van der Waals surface area contributed by atoms with Gasteiger partial charge in [0.25, 0.3) is 0 Å². The van der Waals surface area contributed by atoms with Gasteiger partial charge in [-0.2, -0.15) is 20.8 Å². The van der Waals surface area contributed by atoms with Crippen molar-refractivity contribution < 1.29 is 48.3 Å². The Balaban J connectivity index is -0.000000187. The largest absolute Gasteiger partial charge is 3.00 e. The fourth-order valence-electron chi connectivity index (χ4n) is 0.285. The van der Waals surface area contributed by atoms with Crippen LogP contribution in [-0.2, 0) is 37.5 Å². The van der Waals surface area contributed by atoms with Crippen molar-refractivity contribution >= 4 is 5.97 Å². The third-order valence-corrected chi connectivity index (χ3v) is 2.44. The Morgan fingerprint density at radius 1 is 1.47 bits per heavy atom. The Labute approximate surface area is 119 Å². The average Bonchev–Trinajstić information content (AvgIpc) is 2.05. The Kier molecular flexibility index (Phi) is 13.3. The second-order valence-electron chi connectivity index (χ2n) is 4.32. The van der Waals surface area contributed by atoms with Crippen LogP contribution in [0.4, 0.5) is 0 Å². The van der Waals surface area contributed by atoms with Crippen molar-refractivity contribution in [3.63, 3.8) is 0 Å². The van der Waals surface area contributed by atoms with Crippen LogP contribution in [0.3, 0.4) is 0 Å². The molecule has 0 aliphatic heterocycles. The van der Waals surface area contributed by atoms with Crippen LogP contribution in [0.1, 0.15) is 41.5 Å². The molecule has 0 spiro atoms. The second-order valence-corrected chi connectivity index (χ2v) is 4.32. The molecule has 1 atom stereocenters. The fraction of sp³-hybridized carbons (Fsp3) is 0.727. The molecule has 0 fully saturated rings. The summed E-state index contributed by atoms with van der Waals surface area (Å²) >= 11 is 0. The summed E-state index contributed by atoms with van der Waals surface area (Å²) in [6.07, 6.45) is 2.20. The van der Waals surface area contributed by atoms with Crippen molar-refractivity contribution in [3.8, 4) is 0 Å². The molecular formula is C11H24NO2Y+2. The maximum atomic E-state index is 9.66. The average molecular weight is 291 g/mol. The molecule has 0 saturated heterocycles. The van der Waals surface area contributed by atoms with Gasteiger partial charge in [-0.1, -0.05) is 13.8 Å². The SMILES string of the molecule is C[C-](C)C(=O)O.C[CH-]C(C)(C)C(C)[NH3+].[Y+3]. The molecule has 1 unspecified atom stereocenters. The van der Waals surface area contributed by atoms with E-state index in [-0.39, 0.29) is 32.7 Å². The van der Waals surface area contributed by atoms with Crippen LogP contribution in [0, 0.1) is 17.8 Å². The van der Waals surface area contributed by atoms with E-state index in [0.717, 1.165) is 0 Å². The van der Waals surface area contributed by atoms with Crippen molar-refractivity contribution in [1.29, 1.82) is 0 Å². The first-order chi connectivity index (χ1) is 6.15. The Bertz CT molecular complexity index is 168. The Morgan fingerprint density at radius 2 is 1.73 bits per heavy atom. The van der Waals surface area contributed by atoms with Crippen LogP contribution in [0.5, 0.6) is 0 Å². The molecule has 0 heterocycles. The number of aliphatic carboxylic acids is 1. The van der Waals surface area contributed by atoms with Crippen LogP contribution in [0.15, 0.2) is 0 Å². The molecule has 0 aromatic carbocycles. The van der Waals surface area contributed by atoms with E-state index in [1.165, 1.54) is 0 Å². The first kappa shape index (κ1) is 20.8. The third kappa shape index (κ3) is 12.3. The van der Waals surface area contributed by atoms with Gasteiger partial charge in [0.2, 0.25) is 0 Å². The zero-order chi connectivity index (χ0) is 11.9. The molecule has 0 amide bonds. The minimum atomic E-state index is -0.824. The molecule has 0 aliphatic rings. The maximum Gasteiger partial charge on any atom is 3.00 e. The predicted molar refractivity (Wildman–Crippen MR) is 58.3 cm³/mol. The van der Waals surface area contributed by atoms with Gasteiger partial charge in [-0.25, -0.2) is 0 Å². The van der Waals surface area contributed by atoms with E-state index in [0.29, 0.717) is 17.4 Å². The van der Waals surface area contributed by atoms with Gasteiger partial charge in [0, 0.05) is 0 Å². The monoisotopic (exact) mass is 291 g/mol. The molecule has 0 radical (unpaired) electrons. The minimum absolute atomic E-state index is 0. The number of hydrogen-bond acceptors (Lipinski definition) is 1. The van der Waals surface area contributed by atoms with Crippen molar-refractivity contribution in [2.45, 2.75) is 47.6 Å². The van der Waals surface area contributed by atoms with Crippen molar-refractivity contribution in [3.05, 3.63) is 12.3 Å². The van der Waals surface area contributed by atoms with Gasteiger partial charge in [0.15, 0.2) is 5.97 Å². The van der Waals surface area contributed by atoms with Gasteiger partial charge in [-0.3, -0.25) is 10.7 Å². The molecule has 4 heteroatoms. The molecule has 3 nitrogen and oxygen atoms in total. The fourth-order valence-corrected chi connectivity index (χ4v) is 0.285. The molecular weight excluding hydrogens is 267 g/mol. The van der Waals surface area contributed by atoms with Gasteiger partial charge in [0.05, 0.1) is 6.04 Å². The summed E-state index contributed by atoms with van der Waals surface area (Å²) in [5.41, 5.74) is 4.26. The zero-order valence-electron chi connectivity index (χ0n) is 10.8. The Hall–Kier alpha value is 0.404. The van der Waals surface area contributed by atoms with E-state index in [9.17, 15) is 4.79 Å². The van der Waals surface area contributed by atoms with E-state index in [4.69, 9.17) is 5.11 Å². The summed E-state index contributed by atoms with van der Waals surface area (Å²) in [6, 6.07) is 0.507. The summed E-state index contributed by atoms with van der Waals surface area (Å²) in [4.78, 5) is 9.66. The van der Waals surface area contributed by atoms with Gasteiger partial charge in [-0.05, 0) is 6.92 Å². The quantitative estimate of drug-likeness (QED) is 0.775. The van der Waals surface area contributed by atoms with Crippen molar-refractivity contribution in [1.82, 2.24) is 0 Å². The van der Waals surface area contributed by atoms with Gasteiger partial charge in [0.1, 0.15) is 0 Å². The van der Waals surface area contributed by atoms with Gasteiger partial charge in [-0.15, -0.1) is 5.41 Å². The molecule has 86 valence electrons. The third-order valence-electron chi connectivity index (χ3n) is 2.44. The smallest absolute Gasteiger partial charge is 0.503 e. The van der Waals surface area contributed by atoms with Crippen molar-refractivity contribution in [2.75, 3.05) is 0 Å². The van der Waals surface area contributed by atoms with E-state index < -0.39 is 5.97 Å². The molecule has 0 aromatic rings. The number of carbonyl (C=O) groups is 1. The summed E-state index contributed by atoms with van der Waals surface area (Å²) < 4.78 is 0. The van der Waals surface area contributed by atoms with Crippen LogP contribution >= 0.6 is 0 Å².